The van der Waals surface area contributed by atoms with Crippen LogP contribution in [0, 0.1) is 6.92 Å². The summed E-state index contributed by atoms with van der Waals surface area (Å²) in [5.41, 5.74) is 1.14. The van der Waals surface area contributed by atoms with E-state index >= 15 is 0 Å². The highest BCUT2D eigenvalue weighted by Crippen LogP contribution is 2.21. The molecule has 8 heteroatoms. The van der Waals surface area contributed by atoms with Crippen LogP contribution in [0.4, 0.5) is 5.69 Å². The van der Waals surface area contributed by atoms with E-state index in [1.54, 1.807) is 25.1 Å². The van der Waals surface area contributed by atoms with Crippen molar-refractivity contribution in [3.05, 3.63) is 52.8 Å². The molecule has 2 heterocycles. The average Bonchev–Trinajstić information content (AvgIpc) is 2.78. The number of anilines is 1. The highest BCUT2D eigenvalue weighted by Gasteiger charge is 2.15. The molecule has 0 spiro atoms. The topological polar surface area (TPSA) is 105 Å². The lowest BCUT2D eigenvalue weighted by Crippen LogP contribution is -2.15. The van der Waals surface area contributed by atoms with Gasteiger partial charge in [-0.15, -0.1) is 0 Å². The van der Waals surface area contributed by atoms with Crippen molar-refractivity contribution in [2.24, 2.45) is 0 Å². The quantitative estimate of drug-likeness (QED) is 0.765. The van der Waals surface area contributed by atoms with Gasteiger partial charge in [0, 0.05) is 19.2 Å². The van der Waals surface area contributed by atoms with E-state index in [-0.39, 0.29) is 10.5 Å². The van der Waals surface area contributed by atoms with Crippen molar-refractivity contribution in [1.29, 1.82) is 0 Å². The summed E-state index contributed by atoms with van der Waals surface area (Å²) in [5.74, 6) is 0.505. The number of sulfonamides is 1. The van der Waals surface area contributed by atoms with E-state index < -0.39 is 10.0 Å². The first-order valence-electron chi connectivity index (χ1n) is 6.03. The van der Waals surface area contributed by atoms with E-state index in [4.69, 9.17) is 4.42 Å². The Morgan fingerprint density at radius 2 is 2.05 bits per heavy atom. The Kier molecular flexibility index (Phi) is 3.02. The van der Waals surface area contributed by atoms with E-state index in [0.29, 0.717) is 22.7 Å². The van der Waals surface area contributed by atoms with Crippen LogP contribution < -0.4 is 10.3 Å². The number of benzene rings is 1. The number of oxazole rings is 1. The van der Waals surface area contributed by atoms with Gasteiger partial charge in [-0.2, -0.15) is 0 Å². The van der Waals surface area contributed by atoms with Crippen LogP contribution >= 0.6 is 0 Å². The molecule has 108 valence electrons. The lowest BCUT2D eigenvalue weighted by Gasteiger charge is -2.07. The summed E-state index contributed by atoms with van der Waals surface area (Å²) in [7, 11) is -3.77. The summed E-state index contributed by atoms with van der Waals surface area (Å²) in [6.07, 6.45) is 1.14. The van der Waals surface area contributed by atoms with Crippen LogP contribution in [-0.4, -0.2) is 18.4 Å². The molecule has 21 heavy (non-hydrogen) atoms. The fraction of sp³-hybridized carbons (Fsp3) is 0.0769. The number of hydrogen-bond acceptors (Lipinski definition) is 5. The summed E-state index contributed by atoms with van der Waals surface area (Å²) >= 11 is 0. The summed E-state index contributed by atoms with van der Waals surface area (Å²) in [4.78, 5) is 17.4. The molecule has 0 fully saturated rings. The fourth-order valence-corrected chi connectivity index (χ4v) is 2.90. The van der Waals surface area contributed by atoms with Gasteiger partial charge in [-0.1, -0.05) is 0 Å². The van der Waals surface area contributed by atoms with Crippen LogP contribution in [-0.2, 0) is 10.0 Å². The van der Waals surface area contributed by atoms with Crippen LogP contribution in [0.2, 0.25) is 0 Å². The number of aryl methyl sites for hydroxylation is 1. The predicted molar refractivity (Wildman–Crippen MR) is 76.6 cm³/mol. The number of hydrogen-bond donors (Lipinski definition) is 2. The molecule has 2 N–H and O–H groups in total. The number of rotatable bonds is 3. The largest absolute Gasteiger partial charge is 0.441 e. The van der Waals surface area contributed by atoms with Gasteiger partial charge in [-0.05, 0) is 24.3 Å². The van der Waals surface area contributed by atoms with Crippen LogP contribution in [0.1, 0.15) is 5.89 Å². The number of aromatic nitrogens is 2. The molecule has 0 aliphatic heterocycles. The minimum atomic E-state index is -3.77. The second kappa shape index (κ2) is 4.74. The Balaban J connectivity index is 1.96. The molecule has 0 saturated carbocycles. The zero-order valence-electron chi connectivity index (χ0n) is 11.0. The maximum atomic E-state index is 12.2. The summed E-state index contributed by atoms with van der Waals surface area (Å²) in [6, 6.07) is 7.18. The van der Waals surface area contributed by atoms with Gasteiger partial charge >= 0.3 is 0 Å². The molecule has 0 saturated heterocycles. The lowest BCUT2D eigenvalue weighted by molar-refractivity contribution is 0.561. The molecule has 0 atom stereocenters. The molecule has 0 aliphatic carbocycles. The Bertz CT molecular complexity index is 952. The summed E-state index contributed by atoms with van der Waals surface area (Å²) < 4.78 is 32.1. The molecule has 3 aromatic rings. The van der Waals surface area contributed by atoms with Gasteiger partial charge in [-0.3, -0.25) is 9.52 Å². The summed E-state index contributed by atoms with van der Waals surface area (Å²) in [5, 5.41) is 0. The van der Waals surface area contributed by atoms with E-state index in [0.717, 1.165) is 12.3 Å². The maximum Gasteiger partial charge on any atom is 0.263 e. The third-order valence-electron chi connectivity index (χ3n) is 2.81. The number of fused-ring (bicyclic) bond motifs is 1. The zero-order valence-corrected chi connectivity index (χ0v) is 11.8. The molecular formula is C13H11N3O4S. The number of nitrogens with one attached hydrogen (secondary N) is 2. The molecule has 7 nitrogen and oxygen atoms in total. The van der Waals surface area contributed by atoms with Gasteiger partial charge in [0.2, 0.25) is 5.56 Å². The zero-order chi connectivity index (χ0) is 15.0. The molecule has 0 bridgehead atoms. The molecule has 0 amide bonds. The fourth-order valence-electron chi connectivity index (χ4n) is 1.88. The summed E-state index contributed by atoms with van der Waals surface area (Å²) in [6.45, 7) is 1.71. The Hall–Kier alpha value is -2.61. The highest BCUT2D eigenvalue weighted by molar-refractivity contribution is 7.92. The smallest absolute Gasteiger partial charge is 0.263 e. The van der Waals surface area contributed by atoms with Crippen molar-refractivity contribution in [1.82, 2.24) is 9.97 Å². The second-order valence-corrected chi connectivity index (χ2v) is 6.09. The SMILES string of the molecule is Cc1nc2cc(NS(=O)(=O)c3ccc(=O)[nH]c3)ccc2o1. The number of H-pyrrole nitrogens is 1. The Morgan fingerprint density at radius 1 is 1.24 bits per heavy atom. The van der Waals surface area contributed by atoms with Crippen molar-refractivity contribution in [2.45, 2.75) is 11.8 Å². The first-order valence-corrected chi connectivity index (χ1v) is 7.51. The Labute approximate surface area is 119 Å². The number of nitrogens with zero attached hydrogens (tertiary/aromatic N) is 1. The third-order valence-corrected chi connectivity index (χ3v) is 4.19. The molecular weight excluding hydrogens is 294 g/mol. The minimum Gasteiger partial charge on any atom is -0.441 e. The van der Waals surface area contributed by atoms with Crippen LogP contribution in [0.25, 0.3) is 11.1 Å². The van der Waals surface area contributed by atoms with Gasteiger partial charge < -0.3 is 9.40 Å². The third kappa shape index (κ3) is 2.65. The van der Waals surface area contributed by atoms with Gasteiger partial charge in [0.1, 0.15) is 10.4 Å². The van der Waals surface area contributed by atoms with E-state index in [1.807, 2.05) is 0 Å². The van der Waals surface area contributed by atoms with Crippen molar-refractivity contribution in [3.63, 3.8) is 0 Å². The predicted octanol–water partition coefficient (Wildman–Crippen LogP) is 1.63. The van der Waals surface area contributed by atoms with Gasteiger partial charge in [0.25, 0.3) is 10.0 Å². The van der Waals surface area contributed by atoms with Crippen molar-refractivity contribution < 1.29 is 12.8 Å². The standard InChI is InChI=1S/C13H11N3O4S/c1-8-15-11-6-9(2-4-12(11)20-8)16-21(18,19)10-3-5-13(17)14-7-10/h2-7,16H,1H3,(H,14,17). The van der Waals surface area contributed by atoms with Crippen LogP contribution in [0.15, 0.2) is 50.6 Å². The van der Waals surface area contributed by atoms with Crippen molar-refractivity contribution >= 4 is 26.8 Å². The van der Waals surface area contributed by atoms with Crippen LogP contribution in [0.5, 0.6) is 0 Å². The van der Waals surface area contributed by atoms with Gasteiger partial charge in [-0.25, -0.2) is 13.4 Å². The van der Waals surface area contributed by atoms with Gasteiger partial charge in [0.15, 0.2) is 11.5 Å². The lowest BCUT2D eigenvalue weighted by atomic mass is 10.3. The van der Waals surface area contributed by atoms with Crippen molar-refractivity contribution in [2.75, 3.05) is 4.72 Å². The van der Waals surface area contributed by atoms with Gasteiger partial charge in [0.05, 0.1) is 5.69 Å². The maximum absolute atomic E-state index is 12.2. The van der Waals surface area contributed by atoms with E-state index in [2.05, 4.69) is 14.7 Å². The second-order valence-electron chi connectivity index (χ2n) is 4.41. The molecule has 2 aromatic heterocycles. The number of pyridine rings is 1. The van der Waals surface area contributed by atoms with E-state index in [9.17, 15) is 13.2 Å². The monoisotopic (exact) mass is 305 g/mol. The first-order chi connectivity index (χ1) is 9.94. The molecule has 3 rings (SSSR count). The average molecular weight is 305 g/mol. The number of aromatic amines is 1. The highest BCUT2D eigenvalue weighted by atomic mass is 32.2. The molecule has 1 aromatic carbocycles. The molecule has 0 radical (unpaired) electrons. The van der Waals surface area contributed by atoms with Crippen LogP contribution in [0.3, 0.4) is 0 Å². The molecule has 0 unspecified atom stereocenters. The normalized spacial score (nSPS) is 11.7. The first kappa shape index (κ1) is 13.4. The molecule has 0 aliphatic rings. The van der Waals surface area contributed by atoms with E-state index in [1.165, 1.54) is 6.07 Å². The Morgan fingerprint density at radius 3 is 2.76 bits per heavy atom. The minimum absolute atomic E-state index is 0.0291. The van der Waals surface area contributed by atoms with Crippen molar-refractivity contribution in [3.8, 4) is 0 Å².